The zero-order valence-corrected chi connectivity index (χ0v) is 10.2. The van der Waals surface area contributed by atoms with Gasteiger partial charge in [-0.05, 0) is 50.7 Å². The molecular weight excluding hydrogens is 196 g/mol. The van der Waals surface area contributed by atoms with Crippen LogP contribution < -0.4 is 6.15 Å². The monoisotopic (exact) mass is 220 g/mol. The first kappa shape index (κ1) is 14.2. The predicted octanol–water partition coefficient (Wildman–Crippen LogP) is 3.25. The van der Waals surface area contributed by atoms with Gasteiger partial charge in [-0.15, -0.1) is 12.4 Å². The van der Waals surface area contributed by atoms with Crippen molar-refractivity contribution in [3.8, 4) is 0 Å². The van der Waals surface area contributed by atoms with Gasteiger partial charge in [-0.1, -0.05) is 19.8 Å². The van der Waals surface area contributed by atoms with Gasteiger partial charge in [0.1, 0.15) is 0 Å². The van der Waals surface area contributed by atoms with Crippen molar-refractivity contribution < 1.29 is 0 Å². The molecule has 3 fully saturated rings. The van der Waals surface area contributed by atoms with Crippen molar-refractivity contribution in [3.05, 3.63) is 0 Å². The minimum absolute atomic E-state index is 0. The lowest BCUT2D eigenvalue weighted by Crippen LogP contribution is -2.48. The normalized spacial score (nSPS) is 34.5. The van der Waals surface area contributed by atoms with Gasteiger partial charge in [-0.25, -0.2) is 0 Å². The van der Waals surface area contributed by atoms with Crippen molar-refractivity contribution in [1.82, 2.24) is 11.1 Å². The number of rotatable bonds is 3. The van der Waals surface area contributed by atoms with Crippen LogP contribution in [0.4, 0.5) is 0 Å². The quantitative estimate of drug-likeness (QED) is 0.793. The number of unbranched alkanes of at least 4 members (excludes halogenated alkanes) is 1. The van der Waals surface area contributed by atoms with Crippen LogP contribution in [0.5, 0.6) is 0 Å². The molecule has 0 aromatic rings. The van der Waals surface area contributed by atoms with Gasteiger partial charge in [-0.2, -0.15) is 0 Å². The van der Waals surface area contributed by atoms with Crippen LogP contribution in [0, 0.1) is 5.41 Å². The van der Waals surface area contributed by atoms with Crippen molar-refractivity contribution in [3.63, 3.8) is 0 Å². The topological polar surface area (TPSA) is 38.2 Å². The maximum absolute atomic E-state index is 2.63. The highest BCUT2D eigenvalue weighted by Gasteiger charge is 2.38. The smallest absolute Gasteiger partial charge is 0.00134 e. The molecule has 0 aliphatic carbocycles. The van der Waals surface area contributed by atoms with Crippen molar-refractivity contribution in [2.24, 2.45) is 5.41 Å². The van der Waals surface area contributed by atoms with Crippen molar-refractivity contribution >= 4 is 12.4 Å². The average Bonchev–Trinajstić information content (AvgIpc) is 2.18. The van der Waals surface area contributed by atoms with Crippen LogP contribution in [0.3, 0.4) is 0 Å². The molecule has 3 heterocycles. The van der Waals surface area contributed by atoms with E-state index in [9.17, 15) is 0 Å². The summed E-state index contributed by atoms with van der Waals surface area (Å²) in [5, 5.41) is 0. The van der Waals surface area contributed by atoms with E-state index in [2.05, 4.69) is 11.8 Å². The largest absolute Gasteiger partial charge is 0.344 e. The van der Waals surface area contributed by atoms with Gasteiger partial charge in [-0.3, -0.25) is 0 Å². The zero-order valence-electron chi connectivity index (χ0n) is 9.43. The van der Waals surface area contributed by atoms with Gasteiger partial charge >= 0.3 is 0 Å². The van der Waals surface area contributed by atoms with E-state index in [4.69, 9.17) is 0 Å². The molecule has 3 heteroatoms. The minimum atomic E-state index is 0. The molecule has 0 amide bonds. The predicted molar refractivity (Wildman–Crippen MR) is 64.5 cm³/mol. The Bertz CT molecular complexity index is 140. The fourth-order valence-electron chi connectivity index (χ4n) is 2.82. The molecule has 0 saturated carbocycles. The number of piperidine rings is 3. The third kappa shape index (κ3) is 2.85. The van der Waals surface area contributed by atoms with E-state index in [1.165, 1.54) is 58.2 Å². The summed E-state index contributed by atoms with van der Waals surface area (Å²) in [5.41, 5.74) is 0.796. The number of nitrogens with zero attached hydrogens (tertiary/aromatic N) is 1. The molecule has 0 spiro atoms. The second-order valence-corrected chi connectivity index (χ2v) is 4.70. The van der Waals surface area contributed by atoms with Gasteiger partial charge in [0, 0.05) is 0 Å². The summed E-state index contributed by atoms with van der Waals surface area (Å²) in [6.45, 7) is 6.49. The molecule has 14 heavy (non-hydrogen) atoms. The molecular formula is C11H25ClN2. The number of hydrogen-bond acceptors (Lipinski definition) is 2. The lowest BCUT2D eigenvalue weighted by atomic mass is 9.69. The summed E-state index contributed by atoms with van der Waals surface area (Å²) in [7, 11) is 0. The van der Waals surface area contributed by atoms with Crippen LogP contribution in [0.2, 0.25) is 0 Å². The standard InChI is InChI=1S/C11H21N.ClH.H3N/c1-2-3-4-11-5-8-12(9-6-11)10-7-11;;/h2-10H2,1H3;1H;1H3. The molecule has 2 bridgehead atoms. The summed E-state index contributed by atoms with van der Waals surface area (Å²) < 4.78 is 0. The first-order valence-corrected chi connectivity index (χ1v) is 5.57. The second kappa shape index (κ2) is 5.94. The summed E-state index contributed by atoms with van der Waals surface area (Å²) >= 11 is 0. The Kier molecular flexibility index (Phi) is 6.03. The van der Waals surface area contributed by atoms with E-state index in [1.807, 2.05) is 0 Å². The lowest BCUT2D eigenvalue weighted by Gasteiger charge is -2.48. The minimum Gasteiger partial charge on any atom is -0.344 e. The first-order chi connectivity index (χ1) is 5.85. The third-order valence-electron chi connectivity index (χ3n) is 3.94. The van der Waals surface area contributed by atoms with E-state index >= 15 is 0 Å². The molecule has 0 atom stereocenters. The average molecular weight is 221 g/mol. The van der Waals surface area contributed by atoms with Crippen molar-refractivity contribution in [2.75, 3.05) is 19.6 Å². The molecule has 3 rings (SSSR count). The maximum Gasteiger partial charge on any atom is -0.00134 e. The molecule has 0 radical (unpaired) electrons. The Balaban J connectivity index is 0.000000845. The van der Waals surface area contributed by atoms with Crippen LogP contribution in [-0.2, 0) is 0 Å². The van der Waals surface area contributed by atoms with Gasteiger partial charge < -0.3 is 11.1 Å². The van der Waals surface area contributed by atoms with Gasteiger partial charge in [0.25, 0.3) is 0 Å². The highest BCUT2D eigenvalue weighted by atomic mass is 35.5. The van der Waals surface area contributed by atoms with Crippen molar-refractivity contribution in [1.29, 1.82) is 0 Å². The number of halogens is 1. The molecule has 86 valence electrons. The van der Waals surface area contributed by atoms with E-state index in [0.29, 0.717) is 0 Å². The Morgan fingerprint density at radius 3 is 2.00 bits per heavy atom. The molecule has 3 aliphatic rings. The summed E-state index contributed by atoms with van der Waals surface area (Å²) in [4.78, 5) is 2.63. The van der Waals surface area contributed by atoms with Gasteiger partial charge in [0.05, 0.1) is 0 Å². The Morgan fingerprint density at radius 2 is 1.57 bits per heavy atom. The van der Waals surface area contributed by atoms with Crippen LogP contribution in [0.1, 0.15) is 45.4 Å². The fourth-order valence-corrected chi connectivity index (χ4v) is 2.82. The third-order valence-corrected chi connectivity index (χ3v) is 3.94. The van der Waals surface area contributed by atoms with E-state index < -0.39 is 0 Å². The highest BCUT2D eigenvalue weighted by Crippen LogP contribution is 2.43. The lowest BCUT2D eigenvalue weighted by molar-refractivity contribution is 0.0184. The first-order valence-electron chi connectivity index (χ1n) is 5.57. The Hall–Kier alpha value is 0.210. The van der Waals surface area contributed by atoms with Crippen LogP contribution >= 0.6 is 12.4 Å². The fraction of sp³-hybridized carbons (Fsp3) is 1.00. The molecule has 0 aromatic heterocycles. The summed E-state index contributed by atoms with van der Waals surface area (Å²) in [5.74, 6) is 0. The highest BCUT2D eigenvalue weighted by molar-refractivity contribution is 5.85. The number of hydrogen-bond donors (Lipinski definition) is 1. The van der Waals surface area contributed by atoms with Crippen LogP contribution in [0.15, 0.2) is 0 Å². The molecule has 3 saturated heterocycles. The van der Waals surface area contributed by atoms with Crippen molar-refractivity contribution in [2.45, 2.75) is 45.4 Å². The van der Waals surface area contributed by atoms with E-state index in [1.54, 1.807) is 0 Å². The second-order valence-electron chi connectivity index (χ2n) is 4.70. The number of fused-ring (bicyclic) bond motifs is 3. The molecule has 2 nitrogen and oxygen atoms in total. The molecule has 3 N–H and O–H groups in total. The van der Waals surface area contributed by atoms with Crippen LogP contribution in [0.25, 0.3) is 0 Å². The summed E-state index contributed by atoms with van der Waals surface area (Å²) in [6, 6.07) is 0. The van der Waals surface area contributed by atoms with Crippen LogP contribution in [-0.4, -0.2) is 24.5 Å². The Morgan fingerprint density at radius 1 is 1.07 bits per heavy atom. The molecule has 0 aromatic carbocycles. The SMILES string of the molecule is CCCCC12CCN(CC1)CC2.Cl.N. The van der Waals surface area contributed by atoms with Gasteiger partial charge in [0.2, 0.25) is 0 Å². The maximum atomic E-state index is 2.63. The summed E-state index contributed by atoms with van der Waals surface area (Å²) in [6.07, 6.45) is 8.83. The van der Waals surface area contributed by atoms with Gasteiger partial charge in [0.15, 0.2) is 0 Å². The molecule has 3 aliphatic heterocycles. The van der Waals surface area contributed by atoms with E-state index in [-0.39, 0.29) is 18.6 Å². The van der Waals surface area contributed by atoms with E-state index in [0.717, 1.165) is 5.41 Å². The molecule has 0 unspecified atom stereocenters. The Labute approximate surface area is 94.4 Å². The zero-order chi connectivity index (χ0) is 8.44.